The zero-order valence-corrected chi connectivity index (χ0v) is 11.2. The summed E-state index contributed by atoms with van der Waals surface area (Å²) < 4.78 is 26.2. The van der Waals surface area contributed by atoms with Crippen molar-refractivity contribution in [3.8, 4) is 0 Å². The fourth-order valence-corrected chi connectivity index (χ4v) is 3.70. The molecule has 0 aliphatic heterocycles. The largest absolute Gasteiger partial charge is 0.212 e. The quantitative estimate of drug-likeness (QED) is 0.670. The Bertz CT molecular complexity index is 269. The van der Waals surface area contributed by atoms with Gasteiger partial charge in [-0.3, -0.25) is 0 Å². The first-order chi connectivity index (χ1) is 7.64. The van der Waals surface area contributed by atoms with Gasteiger partial charge in [0.15, 0.2) is 0 Å². The van der Waals surface area contributed by atoms with E-state index in [2.05, 4.69) is 11.6 Å². The second kappa shape index (κ2) is 7.28. The van der Waals surface area contributed by atoms with Gasteiger partial charge in [0.05, 0.1) is 5.75 Å². The van der Waals surface area contributed by atoms with Gasteiger partial charge in [0.25, 0.3) is 0 Å². The van der Waals surface area contributed by atoms with Crippen molar-refractivity contribution in [1.82, 2.24) is 4.72 Å². The zero-order valence-electron chi connectivity index (χ0n) is 10.4. The Morgan fingerprint density at radius 2 is 1.69 bits per heavy atom. The molecular weight excluding hydrogens is 222 g/mol. The van der Waals surface area contributed by atoms with E-state index in [9.17, 15) is 8.42 Å². The smallest absolute Gasteiger partial charge is 0.211 e. The van der Waals surface area contributed by atoms with Crippen molar-refractivity contribution in [3.05, 3.63) is 0 Å². The van der Waals surface area contributed by atoms with Crippen molar-refractivity contribution in [2.24, 2.45) is 0 Å². The Morgan fingerprint density at radius 3 is 2.31 bits per heavy atom. The van der Waals surface area contributed by atoms with Crippen LogP contribution in [0.3, 0.4) is 0 Å². The van der Waals surface area contributed by atoms with Crippen molar-refractivity contribution in [3.63, 3.8) is 0 Å². The van der Waals surface area contributed by atoms with Crippen molar-refractivity contribution in [2.45, 2.75) is 70.8 Å². The molecule has 1 aliphatic carbocycles. The lowest BCUT2D eigenvalue weighted by atomic mass is 10.2. The van der Waals surface area contributed by atoms with E-state index in [1.54, 1.807) is 0 Å². The molecule has 4 heteroatoms. The summed E-state index contributed by atoms with van der Waals surface area (Å²) in [7, 11) is -3.00. The van der Waals surface area contributed by atoms with E-state index in [0.717, 1.165) is 32.1 Å². The topological polar surface area (TPSA) is 46.2 Å². The lowest BCUT2D eigenvalue weighted by Gasteiger charge is -2.12. The molecule has 96 valence electrons. The lowest BCUT2D eigenvalue weighted by Crippen LogP contribution is -2.34. The molecule has 0 saturated heterocycles. The molecule has 0 bridgehead atoms. The monoisotopic (exact) mass is 247 g/mol. The maximum atomic E-state index is 11.7. The average Bonchev–Trinajstić information content (AvgIpc) is 2.69. The number of rotatable bonds is 8. The summed E-state index contributed by atoms with van der Waals surface area (Å²) in [5.74, 6) is 0.313. The number of sulfonamides is 1. The van der Waals surface area contributed by atoms with Crippen LogP contribution in [0.5, 0.6) is 0 Å². The maximum absolute atomic E-state index is 11.7. The van der Waals surface area contributed by atoms with Crippen LogP contribution >= 0.6 is 0 Å². The van der Waals surface area contributed by atoms with Gasteiger partial charge in [0, 0.05) is 6.04 Å². The fraction of sp³-hybridized carbons (Fsp3) is 1.00. The molecule has 1 rings (SSSR count). The Morgan fingerprint density at radius 1 is 1.06 bits per heavy atom. The Labute approximate surface area is 100 Å². The molecule has 1 N–H and O–H groups in total. The first-order valence-corrected chi connectivity index (χ1v) is 8.29. The summed E-state index contributed by atoms with van der Waals surface area (Å²) in [5, 5.41) is 0. The van der Waals surface area contributed by atoms with E-state index in [1.165, 1.54) is 25.7 Å². The third kappa shape index (κ3) is 5.85. The van der Waals surface area contributed by atoms with Crippen molar-refractivity contribution in [1.29, 1.82) is 0 Å². The standard InChI is InChI=1S/C12H25NO2S/c1-2-3-4-5-8-11-16(14,15)13-12-9-6-7-10-12/h12-13H,2-11H2,1H3. The molecule has 0 aromatic rings. The van der Waals surface area contributed by atoms with E-state index in [4.69, 9.17) is 0 Å². The second-order valence-corrected chi connectivity index (χ2v) is 6.71. The molecule has 1 fully saturated rings. The third-order valence-corrected chi connectivity index (χ3v) is 4.74. The molecular formula is C12H25NO2S. The van der Waals surface area contributed by atoms with Crippen LogP contribution < -0.4 is 4.72 Å². The van der Waals surface area contributed by atoms with Crippen molar-refractivity contribution < 1.29 is 8.42 Å². The van der Waals surface area contributed by atoms with E-state index >= 15 is 0 Å². The van der Waals surface area contributed by atoms with Crippen molar-refractivity contribution in [2.75, 3.05) is 5.75 Å². The molecule has 0 heterocycles. The molecule has 0 spiro atoms. The Kier molecular flexibility index (Phi) is 6.36. The summed E-state index contributed by atoms with van der Waals surface area (Å²) in [5.41, 5.74) is 0. The number of hydrogen-bond donors (Lipinski definition) is 1. The highest BCUT2D eigenvalue weighted by Crippen LogP contribution is 2.18. The molecule has 3 nitrogen and oxygen atoms in total. The second-order valence-electron chi connectivity index (χ2n) is 4.83. The Balaban J connectivity index is 2.13. The van der Waals surface area contributed by atoms with E-state index < -0.39 is 10.0 Å². The minimum atomic E-state index is -3.00. The van der Waals surface area contributed by atoms with Crippen LogP contribution in [0.2, 0.25) is 0 Å². The first kappa shape index (κ1) is 14.0. The van der Waals surface area contributed by atoms with Gasteiger partial charge < -0.3 is 0 Å². The molecule has 0 radical (unpaired) electrons. The Hall–Kier alpha value is -0.0900. The third-order valence-electron chi connectivity index (χ3n) is 3.22. The first-order valence-electron chi connectivity index (χ1n) is 6.64. The van der Waals surface area contributed by atoms with E-state index in [1.807, 2.05) is 0 Å². The van der Waals surface area contributed by atoms with Crippen LogP contribution in [-0.4, -0.2) is 20.2 Å². The van der Waals surface area contributed by atoms with Crippen LogP contribution in [0.15, 0.2) is 0 Å². The van der Waals surface area contributed by atoms with Crippen LogP contribution in [0.25, 0.3) is 0 Å². The fourth-order valence-electron chi connectivity index (χ4n) is 2.25. The molecule has 0 unspecified atom stereocenters. The molecule has 0 aromatic heterocycles. The molecule has 0 atom stereocenters. The highest BCUT2D eigenvalue weighted by molar-refractivity contribution is 7.89. The minimum absolute atomic E-state index is 0.223. The van der Waals surface area contributed by atoms with Crippen LogP contribution in [0.4, 0.5) is 0 Å². The molecule has 1 saturated carbocycles. The van der Waals surface area contributed by atoms with Gasteiger partial charge in [0.2, 0.25) is 10.0 Å². The lowest BCUT2D eigenvalue weighted by molar-refractivity contribution is 0.546. The van der Waals surface area contributed by atoms with Gasteiger partial charge in [-0.1, -0.05) is 45.4 Å². The summed E-state index contributed by atoms with van der Waals surface area (Å²) >= 11 is 0. The molecule has 0 aromatic carbocycles. The highest BCUT2D eigenvalue weighted by atomic mass is 32.2. The van der Waals surface area contributed by atoms with Crippen LogP contribution in [0, 0.1) is 0 Å². The summed E-state index contributed by atoms with van der Waals surface area (Å²) in [6.07, 6.45) is 9.82. The summed E-state index contributed by atoms with van der Waals surface area (Å²) in [6.45, 7) is 2.17. The molecule has 1 aliphatic rings. The van der Waals surface area contributed by atoms with Gasteiger partial charge in [-0.15, -0.1) is 0 Å². The number of hydrogen-bond acceptors (Lipinski definition) is 2. The highest BCUT2D eigenvalue weighted by Gasteiger charge is 2.20. The molecule has 0 amide bonds. The maximum Gasteiger partial charge on any atom is 0.211 e. The normalized spacial score (nSPS) is 18.1. The van der Waals surface area contributed by atoms with E-state index in [0.29, 0.717) is 5.75 Å². The van der Waals surface area contributed by atoms with Gasteiger partial charge in [-0.25, -0.2) is 13.1 Å². The van der Waals surface area contributed by atoms with Gasteiger partial charge in [-0.2, -0.15) is 0 Å². The summed E-state index contributed by atoms with van der Waals surface area (Å²) in [6, 6.07) is 0.223. The van der Waals surface area contributed by atoms with Crippen molar-refractivity contribution >= 4 is 10.0 Å². The van der Waals surface area contributed by atoms with E-state index in [-0.39, 0.29) is 6.04 Å². The SMILES string of the molecule is CCCCCCCS(=O)(=O)NC1CCCC1. The number of unbranched alkanes of at least 4 members (excludes halogenated alkanes) is 4. The van der Waals surface area contributed by atoms with Crippen LogP contribution in [-0.2, 0) is 10.0 Å². The average molecular weight is 247 g/mol. The van der Waals surface area contributed by atoms with Gasteiger partial charge >= 0.3 is 0 Å². The zero-order chi connectivity index (χ0) is 11.9. The molecule has 16 heavy (non-hydrogen) atoms. The predicted octanol–water partition coefficient (Wildman–Crippen LogP) is 2.82. The van der Waals surface area contributed by atoms with Gasteiger partial charge in [-0.05, 0) is 19.3 Å². The predicted molar refractivity (Wildman–Crippen MR) is 67.9 cm³/mol. The summed E-state index contributed by atoms with van der Waals surface area (Å²) in [4.78, 5) is 0. The van der Waals surface area contributed by atoms with Gasteiger partial charge in [0.1, 0.15) is 0 Å². The minimum Gasteiger partial charge on any atom is -0.212 e. The van der Waals surface area contributed by atoms with Crippen LogP contribution in [0.1, 0.15) is 64.7 Å². The number of nitrogens with one attached hydrogen (secondary N) is 1.